The van der Waals surface area contributed by atoms with E-state index in [0.29, 0.717) is 0 Å². The normalized spacial score (nSPS) is 20.5. The SMILES string of the molecule is COC(=O)C1=CC(=O)C(OC)=CC1OC. The van der Waals surface area contributed by atoms with Crippen molar-refractivity contribution in [3.05, 3.63) is 23.5 Å². The van der Waals surface area contributed by atoms with Crippen molar-refractivity contribution in [1.82, 2.24) is 0 Å². The highest BCUT2D eigenvalue weighted by Gasteiger charge is 2.27. The molecule has 0 saturated heterocycles. The van der Waals surface area contributed by atoms with E-state index >= 15 is 0 Å². The van der Waals surface area contributed by atoms with Gasteiger partial charge in [-0.05, 0) is 6.08 Å². The molecule has 0 aromatic heterocycles. The minimum absolute atomic E-state index is 0.162. The molecular weight excluding hydrogens is 200 g/mol. The Labute approximate surface area is 87.3 Å². The summed E-state index contributed by atoms with van der Waals surface area (Å²) in [6, 6.07) is 0. The number of carbonyl (C=O) groups is 2. The molecule has 0 saturated carbocycles. The highest BCUT2D eigenvalue weighted by Crippen LogP contribution is 2.19. The topological polar surface area (TPSA) is 61.8 Å². The maximum atomic E-state index is 11.4. The number of hydrogen-bond acceptors (Lipinski definition) is 5. The Bertz CT molecular complexity index is 340. The second kappa shape index (κ2) is 4.75. The zero-order valence-electron chi connectivity index (χ0n) is 8.77. The molecule has 15 heavy (non-hydrogen) atoms. The van der Waals surface area contributed by atoms with Gasteiger partial charge in [-0.15, -0.1) is 0 Å². The van der Waals surface area contributed by atoms with Crippen LogP contribution in [0.3, 0.4) is 0 Å². The first-order valence-electron chi connectivity index (χ1n) is 4.26. The summed E-state index contributed by atoms with van der Waals surface area (Å²) in [5.41, 5.74) is 0.172. The van der Waals surface area contributed by atoms with Crippen molar-refractivity contribution in [3.63, 3.8) is 0 Å². The van der Waals surface area contributed by atoms with E-state index < -0.39 is 12.1 Å². The van der Waals surface area contributed by atoms with Crippen LogP contribution in [0.5, 0.6) is 0 Å². The van der Waals surface area contributed by atoms with Crippen LogP contribution in [0, 0.1) is 0 Å². The molecule has 0 aromatic rings. The van der Waals surface area contributed by atoms with Crippen LogP contribution >= 0.6 is 0 Å². The Hall–Kier alpha value is -1.62. The number of methoxy groups -OCH3 is 3. The summed E-state index contributed by atoms with van der Waals surface area (Å²) in [7, 11) is 4.06. The van der Waals surface area contributed by atoms with Crippen LogP contribution in [-0.4, -0.2) is 39.2 Å². The summed E-state index contributed by atoms with van der Waals surface area (Å²) in [4.78, 5) is 22.7. The Morgan fingerprint density at radius 3 is 2.47 bits per heavy atom. The van der Waals surface area contributed by atoms with Gasteiger partial charge in [0.05, 0.1) is 19.8 Å². The zero-order chi connectivity index (χ0) is 11.4. The van der Waals surface area contributed by atoms with Crippen molar-refractivity contribution in [2.24, 2.45) is 0 Å². The van der Waals surface area contributed by atoms with Crippen LogP contribution in [0.15, 0.2) is 23.5 Å². The van der Waals surface area contributed by atoms with Gasteiger partial charge in [0.1, 0.15) is 6.10 Å². The highest BCUT2D eigenvalue weighted by atomic mass is 16.5. The first-order valence-corrected chi connectivity index (χ1v) is 4.26. The molecule has 1 rings (SSSR count). The molecule has 1 aliphatic carbocycles. The molecule has 1 unspecified atom stereocenters. The van der Waals surface area contributed by atoms with E-state index in [1.807, 2.05) is 0 Å². The summed E-state index contributed by atoms with van der Waals surface area (Å²) in [5, 5.41) is 0. The van der Waals surface area contributed by atoms with Crippen LogP contribution < -0.4 is 0 Å². The first-order chi connectivity index (χ1) is 7.13. The Morgan fingerprint density at radius 1 is 1.33 bits per heavy atom. The van der Waals surface area contributed by atoms with Crippen LogP contribution in [0.2, 0.25) is 0 Å². The lowest BCUT2D eigenvalue weighted by molar-refractivity contribution is -0.137. The predicted molar refractivity (Wildman–Crippen MR) is 51.0 cm³/mol. The fourth-order valence-electron chi connectivity index (χ4n) is 1.26. The zero-order valence-corrected chi connectivity index (χ0v) is 8.77. The van der Waals surface area contributed by atoms with Gasteiger partial charge in [0.15, 0.2) is 5.76 Å². The average Bonchev–Trinajstić information content (AvgIpc) is 2.27. The van der Waals surface area contributed by atoms with Crippen LogP contribution in [0.1, 0.15) is 0 Å². The minimum Gasteiger partial charge on any atom is -0.493 e. The molecule has 0 fully saturated rings. The lowest BCUT2D eigenvalue weighted by Gasteiger charge is -2.18. The minimum atomic E-state index is -0.606. The molecule has 0 aromatic carbocycles. The molecule has 0 spiro atoms. The summed E-state index contributed by atoms with van der Waals surface area (Å²) in [6.07, 6.45) is 2.00. The Balaban J connectivity index is 3.00. The molecule has 1 atom stereocenters. The number of ether oxygens (including phenoxy) is 3. The van der Waals surface area contributed by atoms with Gasteiger partial charge in [0.2, 0.25) is 5.78 Å². The van der Waals surface area contributed by atoms with Crippen LogP contribution in [-0.2, 0) is 23.8 Å². The number of ketones is 1. The predicted octanol–water partition coefficient (Wildman–Crippen LogP) is 0.214. The molecule has 5 nitrogen and oxygen atoms in total. The molecule has 0 N–H and O–H groups in total. The van der Waals surface area contributed by atoms with E-state index in [1.165, 1.54) is 33.5 Å². The second-order valence-electron chi connectivity index (χ2n) is 2.85. The van der Waals surface area contributed by atoms with Gasteiger partial charge >= 0.3 is 5.97 Å². The number of rotatable bonds is 3. The smallest absolute Gasteiger partial charge is 0.336 e. The maximum absolute atomic E-state index is 11.4. The van der Waals surface area contributed by atoms with Gasteiger partial charge in [-0.2, -0.15) is 0 Å². The Kier molecular flexibility index (Phi) is 3.62. The molecule has 0 amide bonds. The summed E-state index contributed by atoms with van der Waals surface area (Å²) in [5.74, 6) is -0.790. The van der Waals surface area contributed by atoms with Gasteiger partial charge < -0.3 is 14.2 Å². The third kappa shape index (κ3) is 2.24. The summed E-state index contributed by atoms with van der Waals surface area (Å²) in [6.45, 7) is 0. The third-order valence-corrected chi connectivity index (χ3v) is 2.03. The molecule has 0 heterocycles. The van der Waals surface area contributed by atoms with Crippen LogP contribution in [0.4, 0.5) is 0 Å². The number of hydrogen-bond donors (Lipinski definition) is 0. The second-order valence-corrected chi connectivity index (χ2v) is 2.85. The third-order valence-electron chi connectivity index (χ3n) is 2.03. The monoisotopic (exact) mass is 212 g/mol. The molecule has 82 valence electrons. The summed E-state index contributed by atoms with van der Waals surface area (Å²) >= 11 is 0. The largest absolute Gasteiger partial charge is 0.493 e. The Morgan fingerprint density at radius 2 is 2.00 bits per heavy atom. The molecule has 0 aliphatic heterocycles. The van der Waals surface area contributed by atoms with E-state index in [-0.39, 0.29) is 17.1 Å². The van der Waals surface area contributed by atoms with Crippen molar-refractivity contribution in [3.8, 4) is 0 Å². The van der Waals surface area contributed by atoms with E-state index in [9.17, 15) is 9.59 Å². The molecule has 1 aliphatic rings. The lowest BCUT2D eigenvalue weighted by atomic mass is 10.0. The average molecular weight is 212 g/mol. The number of allylic oxidation sites excluding steroid dienone is 1. The standard InChI is InChI=1S/C10H12O5/c1-13-8-5-9(14-2)7(11)4-6(8)10(12)15-3/h4-5,8H,1-3H3. The van der Waals surface area contributed by atoms with Crippen molar-refractivity contribution >= 4 is 11.8 Å². The quantitative estimate of drug-likeness (QED) is 0.626. The van der Waals surface area contributed by atoms with Crippen molar-refractivity contribution in [1.29, 1.82) is 0 Å². The molecular formula is C10H12O5. The molecule has 0 bridgehead atoms. The fourth-order valence-corrected chi connectivity index (χ4v) is 1.26. The van der Waals surface area contributed by atoms with Gasteiger partial charge in [0.25, 0.3) is 0 Å². The molecule has 5 heteroatoms. The van der Waals surface area contributed by atoms with Gasteiger partial charge in [-0.1, -0.05) is 0 Å². The number of carbonyl (C=O) groups excluding carboxylic acids is 2. The summed E-state index contributed by atoms with van der Waals surface area (Å²) < 4.78 is 14.4. The number of esters is 1. The van der Waals surface area contributed by atoms with Gasteiger partial charge in [-0.25, -0.2) is 4.79 Å². The van der Waals surface area contributed by atoms with Gasteiger partial charge in [-0.3, -0.25) is 4.79 Å². The van der Waals surface area contributed by atoms with Crippen LogP contribution in [0.25, 0.3) is 0 Å². The van der Waals surface area contributed by atoms with E-state index in [0.717, 1.165) is 0 Å². The molecule has 0 radical (unpaired) electrons. The fraction of sp³-hybridized carbons (Fsp3) is 0.400. The van der Waals surface area contributed by atoms with Crippen molar-refractivity contribution < 1.29 is 23.8 Å². The highest BCUT2D eigenvalue weighted by molar-refractivity contribution is 6.09. The maximum Gasteiger partial charge on any atom is 0.336 e. The first kappa shape index (κ1) is 11.5. The van der Waals surface area contributed by atoms with E-state index in [1.54, 1.807) is 0 Å². The van der Waals surface area contributed by atoms with E-state index in [4.69, 9.17) is 9.47 Å². The van der Waals surface area contributed by atoms with Crippen molar-refractivity contribution in [2.75, 3.05) is 21.3 Å². The van der Waals surface area contributed by atoms with Gasteiger partial charge in [0, 0.05) is 13.2 Å². The van der Waals surface area contributed by atoms with E-state index in [2.05, 4.69) is 4.74 Å². The van der Waals surface area contributed by atoms with Crippen molar-refractivity contribution in [2.45, 2.75) is 6.10 Å². The lowest BCUT2D eigenvalue weighted by Crippen LogP contribution is -2.26.